The number of aromatic amines is 1. The molecule has 3 amide bonds. The highest BCUT2D eigenvalue weighted by Gasteiger charge is 2.33. The summed E-state index contributed by atoms with van der Waals surface area (Å²) in [6.07, 6.45) is 0.521. The number of aliphatic carboxylic acids is 2. The molecule has 5 atom stereocenters. The molecule has 0 fully saturated rings. The van der Waals surface area contributed by atoms with E-state index in [4.69, 9.17) is 11.5 Å². The van der Waals surface area contributed by atoms with Crippen LogP contribution in [0.5, 0.6) is 0 Å². The van der Waals surface area contributed by atoms with Crippen molar-refractivity contribution in [3.8, 4) is 0 Å². The number of rotatable bonds is 16. The minimum Gasteiger partial charge on any atom is -0.481 e. The Kier molecular flexibility index (Phi) is 11.8. The van der Waals surface area contributed by atoms with Gasteiger partial charge in [0.1, 0.15) is 18.1 Å². The number of carbonyl (C=O) groups excluding carboxylic acids is 3. The summed E-state index contributed by atoms with van der Waals surface area (Å²) >= 11 is 0. The minimum atomic E-state index is -1.63. The quantitative estimate of drug-likeness (QED) is 0.110. The molecule has 1 aromatic heterocycles. The van der Waals surface area contributed by atoms with Crippen LogP contribution in [0.1, 0.15) is 38.2 Å². The third-order valence-corrected chi connectivity index (χ3v) is 6.09. The number of hydrogen-bond acceptors (Lipinski definition) is 8. The lowest BCUT2D eigenvalue weighted by molar-refractivity contribution is -0.144. The van der Waals surface area contributed by atoms with Crippen LogP contribution >= 0.6 is 0 Å². The van der Waals surface area contributed by atoms with E-state index in [2.05, 4.69) is 20.9 Å². The predicted octanol–water partition coefficient (Wildman–Crippen LogP) is -1.44. The van der Waals surface area contributed by atoms with E-state index in [9.17, 15) is 39.3 Å². The summed E-state index contributed by atoms with van der Waals surface area (Å²) in [6, 6.07) is 1.69. The molecular weight excluding hydrogens is 512 g/mol. The molecule has 14 nitrogen and oxygen atoms in total. The van der Waals surface area contributed by atoms with Crippen molar-refractivity contribution >= 4 is 40.6 Å². The molecule has 0 aliphatic carbocycles. The number of carbonyl (C=O) groups is 5. The fourth-order valence-electron chi connectivity index (χ4n) is 3.96. The van der Waals surface area contributed by atoms with E-state index in [0.717, 1.165) is 16.5 Å². The third kappa shape index (κ3) is 9.35. The number of carboxylic acid groups (broad SMARTS) is 2. The molecule has 2 rings (SSSR count). The van der Waals surface area contributed by atoms with Gasteiger partial charge >= 0.3 is 11.9 Å². The molecule has 5 unspecified atom stereocenters. The van der Waals surface area contributed by atoms with Crippen LogP contribution in [-0.2, 0) is 30.4 Å². The highest BCUT2D eigenvalue weighted by Crippen LogP contribution is 2.18. The number of aromatic nitrogens is 1. The Hall–Kier alpha value is -4.01. The third-order valence-electron chi connectivity index (χ3n) is 6.09. The molecule has 0 radical (unpaired) electrons. The summed E-state index contributed by atoms with van der Waals surface area (Å²) in [6.45, 7) is 1.53. The maximum absolute atomic E-state index is 12.9. The summed E-state index contributed by atoms with van der Waals surface area (Å²) in [5.41, 5.74) is 13.0. The molecule has 0 spiro atoms. The van der Waals surface area contributed by atoms with Gasteiger partial charge in [-0.1, -0.05) is 18.2 Å². The summed E-state index contributed by atoms with van der Waals surface area (Å²) in [5, 5.41) is 36.4. The lowest BCUT2D eigenvalue weighted by Gasteiger charge is -2.26. The zero-order valence-electron chi connectivity index (χ0n) is 21.6. The normalized spacial score (nSPS) is 15.0. The number of H-pyrrole nitrogens is 1. The van der Waals surface area contributed by atoms with Crippen LogP contribution in [0.4, 0.5) is 0 Å². The standard InChI is InChI=1S/C25H36N6O8/c1-13(32)21(24(37)29-18(25(38)39)8-4-5-9-26)31-23(36)19(11-20(33)34)30-22(35)16(27)10-14-12-28-17-7-3-2-6-15(14)17/h2-3,6-7,12-13,16,18-19,21,28,32H,4-5,8-11,26-27H2,1H3,(H,29,37)(H,30,35)(H,31,36)(H,33,34)(H,38,39). The number of nitrogens with two attached hydrogens (primary N) is 2. The Morgan fingerprint density at radius 1 is 0.949 bits per heavy atom. The fourth-order valence-corrected chi connectivity index (χ4v) is 3.96. The summed E-state index contributed by atoms with van der Waals surface area (Å²) < 4.78 is 0. The van der Waals surface area contributed by atoms with Gasteiger partial charge in [0.15, 0.2) is 0 Å². The summed E-state index contributed by atoms with van der Waals surface area (Å²) in [7, 11) is 0. The van der Waals surface area contributed by atoms with E-state index in [1.807, 2.05) is 24.3 Å². The van der Waals surface area contributed by atoms with Crippen molar-refractivity contribution < 1.29 is 39.3 Å². The van der Waals surface area contributed by atoms with Crippen molar-refractivity contribution in [3.05, 3.63) is 36.0 Å². The zero-order chi connectivity index (χ0) is 29.1. The SMILES string of the molecule is CC(O)C(NC(=O)C(CC(=O)O)NC(=O)C(N)Cc1c[nH]c2ccccc12)C(=O)NC(CCCCN)C(=O)O. The minimum absolute atomic E-state index is 0.0742. The van der Waals surface area contributed by atoms with Crippen LogP contribution in [0.3, 0.4) is 0 Å². The number of aliphatic hydroxyl groups excluding tert-OH is 1. The van der Waals surface area contributed by atoms with Gasteiger partial charge in [0.25, 0.3) is 0 Å². The Morgan fingerprint density at radius 2 is 1.62 bits per heavy atom. The lowest BCUT2D eigenvalue weighted by atomic mass is 10.0. The first-order valence-electron chi connectivity index (χ1n) is 12.5. The summed E-state index contributed by atoms with van der Waals surface area (Å²) in [5.74, 6) is -5.58. The predicted molar refractivity (Wildman–Crippen MR) is 140 cm³/mol. The van der Waals surface area contributed by atoms with E-state index in [0.29, 0.717) is 19.4 Å². The molecular formula is C25H36N6O8. The second kappa shape index (κ2) is 14.8. The first kappa shape index (κ1) is 31.2. The molecule has 0 bridgehead atoms. The number of amides is 3. The molecule has 11 N–H and O–H groups in total. The monoisotopic (exact) mass is 548 g/mol. The van der Waals surface area contributed by atoms with Crippen molar-refractivity contribution in [2.24, 2.45) is 11.5 Å². The molecule has 14 heteroatoms. The molecule has 214 valence electrons. The Morgan fingerprint density at radius 3 is 2.23 bits per heavy atom. The van der Waals surface area contributed by atoms with Crippen molar-refractivity contribution in [3.63, 3.8) is 0 Å². The van der Waals surface area contributed by atoms with E-state index >= 15 is 0 Å². The van der Waals surface area contributed by atoms with Gasteiger partial charge in [0, 0.05) is 17.1 Å². The number of aliphatic hydroxyl groups is 1. The zero-order valence-corrected chi connectivity index (χ0v) is 21.6. The molecule has 39 heavy (non-hydrogen) atoms. The number of nitrogens with one attached hydrogen (secondary N) is 4. The van der Waals surface area contributed by atoms with Crippen LogP contribution in [0.2, 0.25) is 0 Å². The number of para-hydroxylation sites is 1. The smallest absolute Gasteiger partial charge is 0.326 e. The van der Waals surface area contributed by atoms with Gasteiger partial charge in [-0.15, -0.1) is 0 Å². The van der Waals surface area contributed by atoms with Gasteiger partial charge in [-0.05, 0) is 50.8 Å². The van der Waals surface area contributed by atoms with Gasteiger partial charge in [-0.2, -0.15) is 0 Å². The van der Waals surface area contributed by atoms with Crippen molar-refractivity contribution in [1.82, 2.24) is 20.9 Å². The molecule has 0 aliphatic heterocycles. The second-order valence-corrected chi connectivity index (χ2v) is 9.24. The van der Waals surface area contributed by atoms with Crippen molar-refractivity contribution in [1.29, 1.82) is 0 Å². The second-order valence-electron chi connectivity index (χ2n) is 9.24. The van der Waals surface area contributed by atoms with Crippen LogP contribution in [0.25, 0.3) is 10.9 Å². The fraction of sp³-hybridized carbons (Fsp3) is 0.480. The number of hydrogen-bond donors (Lipinski definition) is 9. The number of fused-ring (bicyclic) bond motifs is 1. The van der Waals surface area contributed by atoms with E-state index < -0.39 is 66.4 Å². The first-order chi connectivity index (χ1) is 18.4. The highest BCUT2D eigenvalue weighted by molar-refractivity contribution is 5.96. The molecule has 2 aromatic rings. The van der Waals surface area contributed by atoms with Crippen LogP contribution in [0, 0.1) is 0 Å². The van der Waals surface area contributed by atoms with E-state index in [-0.39, 0.29) is 12.8 Å². The van der Waals surface area contributed by atoms with Crippen LogP contribution < -0.4 is 27.4 Å². The largest absolute Gasteiger partial charge is 0.481 e. The van der Waals surface area contributed by atoms with Gasteiger partial charge in [0.2, 0.25) is 17.7 Å². The molecule has 0 saturated carbocycles. The topological polar surface area (TPSA) is 250 Å². The van der Waals surface area contributed by atoms with E-state index in [1.165, 1.54) is 6.92 Å². The van der Waals surface area contributed by atoms with Crippen LogP contribution in [0.15, 0.2) is 30.5 Å². The van der Waals surface area contributed by atoms with Crippen LogP contribution in [-0.4, -0.2) is 86.8 Å². The Balaban J connectivity index is 2.09. The van der Waals surface area contributed by atoms with Gasteiger partial charge in [-0.25, -0.2) is 4.79 Å². The number of benzene rings is 1. The molecule has 0 aliphatic rings. The van der Waals surface area contributed by atoms with Crippen molar-refractivity contribution in [2.45, 2.75) is 69.3 Å². The van der Waals surface area contributed by atoms with Gasteiger partial charge in [-0.3, -0.25) is 19.2 Å². The highest BCUT2D eigenvalue weighted by atomic mass is 16.4. The van der Waals surface area contributed by atoms with E-state index in [1.54, 1.807) is 6.20 Å². The van der Waals surface area contributed by atoms with Crippen molar-refractivity contribution in [2.75, 3.05) is 6.54 Å². The number of carboxylic acids is 2. The average molecular weight is 549 g/mol. The molecule has 1 heterocycles. The van der Waals surface area contributed by atoms with Gasteiger partial charge < -0.3 is 47.7 Å². The molecule has 1 aromatic carbocycles. The lowest BCUT2D eigenvalue weighted by Crippen LogP contribution is -2.60. The number of unbranched alkanes of at least 4 members (excludes halogenated alkanes) is 1. The maximum Gasteiger partial charge on any atom is 0.326 e. The summed E-state index contributed by atoms with van der Waals surface area (Å²) in [4.78, 5) is 64.4. The Bertz CT molecular complexity index is 1170. The Labute approximate surface area is 224 Å². The first-order valence-corrected chi connectivity index (χ1v) is 12.5. The molecule has 0 saturated heterocycles. The maximum atomic E-state index is 12.9. The van der Waals surface area contributed by atoms with Gasteiger partial charge in [0.05, 0.1) is 18.6 Å². The average Bonchev–Trinajstić information content (AvgIpc) is 3.28.